The Hall–Kier alpha value is -1.67. The molecule has 128 valence electrons. The zero-order valence-electron chi connectivity index (χ0n) is 13.7. The number of hydrogen-bond acceptors (Lipinski definition) is 7. The van der Waals surface area contributed by atoms with Gasteiger partial charge in [0.1, 0.15) is 13.2 Å². The number of rotatable bonds is 11. The Balaban J connectivity index is 4.17. The first-order valence-electron chi connectivity index (χ1n) is 7.06. The lowest BCUT2D eigenvalue weighted by Crippen LogP contribution is -2.26. The Kier molecular flexibility index (Phi) is 10.1. The lowest BCUT2D eigenvalue weighted by atomic mass is 10.0. The second kappa shape index (κ2) is 11.0. The van der Waals surface area contributed by atoms with Crippen LogP contribution in [0.3, 0.4) is 0 Å². The minimum Gasteiger partial charge on any atom is -0.481 e. The first-order chi connectivity index (χ1) is 10.2. The van der Waals surface area contributed by atoms with Crippen molar-refractivity contribution in [3.8, 4) is 0 Å². The van der Waals surface area contributed by atoms with E-state index in [0.29, 0.717) is 13.1 Å². The molecule has 0 aliphatic heterocycles. The molecule has 0 saturated heterocycles. The highest BCUT2D eigenvalue weighted by Crippen LogP contribution is 2.11. The standard InChI is InChI=1S/C14H26N2O6/c1-15(2)5-7-21-12(17)9-11(14(19)20)10-13(18)22-8-6-16(3)4/h11H,5-10H2,1-4H3,(H,19,20). The number of hydrogen-bond donors (Lipinski definition) is 1. The van der Waals surface area contributed by atoms with E-state index in [9.17, 15) is 14.4 Å². The average molecular weight is 318 g/mol. The average Bonchev–Trinajstić information content (AvgIpc) is 2.36. The van der Waals surface area contributed by atoms with Crippen molar-refractivity contribution in [1.82, 2.24) is 9.80 Å². The van der Waals surface area contributed by atoms with Gasteiger partial charge < -0.3 is 24.4 Å². The molecule has 0 fully saturated rings. The summed E-state index contributed by atoms with van der Waals surface area (Å²) in [7, 11) is 7.32. The van der Waals surface area contributed by atoms with Gasteiger partial charge >= 0.3 is 17.9 Å². The Labute approximate surface area is 131 Å². The lowest BCUT2D eigenvalue weighted by Gasteiger charge is -2.14. The molecule has 0 saturated carbocycles. The maximum absolute atomic E-state index is 11.6. The summed E-state index contributed by atoms with van der Waals surface area (Å²) in [5.74, 6) is -3.60. The predicted molar refractivity (Wildman–Crippen MR) is 79.4 cm³/mol. The number of likely N-dealkylation sites (N-methyl/N-ethyl adjacent to an activating group) is 2. The van der Waals surface area contributed by atoms with E-state index in [1.807, 2.05) is 38.0 Å². The summed E-state index contributed by atoms with van der Waals surface area (Å²) in [5, 5.41) is 9.07. The molecule has 0 rings (SSSR count). The molecule has 0 bridgehead atoms. The molecule has 0 aliphatic rings. The second-order valence-corrected chi connectivity index (χ2v) is 5.49. The monoisotopic (exact) mass is 318 g/mol. The summed E-state index contributed by atoms with van der Waals surface area (Å²) in [6.07, 6.45) is -0.683. The molecule has 22 heavy (non-hydrogen) atoms. The summed E-state index contributed by atoms with van der Waals surface area (Å²) < 4.78 is 9.85. The van der Waals surface area contributed by atoms with Crippen LogP contribution in [0.4, 0.5) is 0 Å². The third kappa shape index (κ3) is 11.0. The Morgan fingerprint density at radius 2 is 1.23 bits per heavy atom. The van der Waals surface area contributed by atoms with E-state index in [1.54, 1.807) is 0 Å². The number of carboxylic acid groups (broad SMARTS) is 1. The summed E-state index contributed by atoms with van der Waals surface area (Å²) in [4.78, 5) is 37.9. The number of aliphatic carboxylic acids is 1. The van der Waals surface area contributed by atoms with Crippen LogP contribution in [0.2, 0.25) is 0 Å². The normalized spacial score (nSPS) is 11.0. The number of ether oxygens (including phenoxy) is 2. The molecule has 0 aliphatic carbocycles. The molecule has 0 heterocycles. The predicted octanol–water partition coefficient (Wildman–Crippen LogP) is -0.323. The molecule has 0 atom stereocenters. The zero-order valence-corrected chi connectivity index (χ0v) is 13.7. The third-order valence-electron chi connectivity index (χ3n) is 2.78. The van der Waals surface area contributed by atoms with Gasteiger partial charge in [-0.25, -0.2) is 0 Å². The molecular formula is C14H26N2O6. The quantitative estimate of drug-likeness (QED) is 0.518. The fraction of sp³-hybridized carbons (Fsp3) is 0.786. The van der Waals surface area contributed by atoms with E-state index < -0.39 is 23.8 Å². The second-order valence-electron chi connectivity index (χ2n) is 5.49. The topological polar surface area (TPSA) is 96.4 Å². The molecular weight excluding hydrogens is 292 g/mol. The highest BCUT2D eigenvalue weighted by atomic mass is 16.5. The van der Waals surface area contributed by atoms with Crippen molar-refractivity contribution in [3.63, 3.8) is 0 Å². The molecule has 8 nitrogen and oxygen atoms in total. The van der Waals surface area contributed by atoms with Crippen LogP contribution in [0.5, 0.6) is 0 Å². The van der Waals surface area contributed by atoms with E-state index in [0.717, 1.165) is 0 Å². The van der Waals surface area contributed by atoms with Crippen LogP contribution in [0.1, 0.15) is 12.8 Å². The number of nitrogens with zero attached hydrogens (tertiary/aromatic N) is 2. The highest BCUT2D eigenvalue weighted by Gasteiger charge is 2.25. The van der Waals surface area contributed by atoms with Crippen molar-refractivity contribution in [2.75, 3.05) is 54.5 Å². The van der Waals surface area contributed by atoms with E-state index >= 15 is 0 Å². The van der Waals surface area contributed by atoms with Crippen LogP contribution in [-0.2, 0) is 23.9 Å². The smallest absolute Gasteiger partial charge is 0.307 e. The van der Waals surface area contributed by atoms with Gasteiger partial charge in [-0.15, -0.1) is 0 Å². The Bertz CT molecular complexity index is 342. The maximum atomic E-state index is 11.6. The van der Waals surface area contributed by atoms with Gasteiger partial charge in [0.2, 0.25) is 0 Å². The largest absolute Gasteiger partial charge is 0.481 e. The van der Waals surface area contributed by atoms with Crippen LogP contribution in [0, 0.1) is 5.92 Å². The molecule has 0 aromatic rings. The van der Waals surface area contributed by atoms with E-state index in [-0.39, 0.29) is 26.1 Å². The van der Waals surface area contributed by atoms with E-state index in [4.69, 9.17) is 14.6 Å². The highest BCUT2D eigenvalue weighted by molar-refractivity contribution is 5.83. The molecule has 1 N–H and O–H groups in total. The fourth-order valence-electron chi connectivity index (χ4n) is 1.45. The van der Waals surface area contributed by atoms with Crippen LogP contribution < -0.4 is 0 Å². The van der Waals surface area contributed by atoms with Crippen LogP contribution in [-0.4, -0.2) is 87.3 Å². The summed E-state index contributed by atoms with van der Waals surface area (Å²) in [5.41, 5.74) is 0. The molecule has 0 unspecified atom stereocenters. The van der Waals surface area contributed by atoms with Gasteiger partial charge in [-0.1, -0.05) is 0 Å². The lowest BCUT2D eigenvalue weighted by molar-refractivity contribution is -0.156. The van der Waals surface area contributed by atoms with Crippen molar-refractivity contribution >= 4 is 17.9 Å². The molecule has 0 amide bonds. The van der Waals surface area contributed by atoms with Crippen LogP contribution >= 0.6 is 0 Å². The molecule has 0 radical (unpaired) electrons. The summed E-state index contributed by atoms with van der Waals surface area (Å²) >= 11 is 0. The van der Waals surface area contributed by atoms with Gasteiger partial charge in [0.05, 0.1) is 18.8 Å². The van der Waals surface area contributed by atoms with E-state index in [1.165, 1.54) is 0 Å². The van der Waals surface area contributed by atoms with Gasteiger partial charge in [-0.3, -0.25) is 14.4 Å². The molecule has 0 aromatic heterocycles. The summed E-state index contributed by atoms with van der Waals surface area (Å²) in [6.45, 7) is 1.48. The van der Waals surface area contributed by atoms with Gasteiger partial charge in [0.25, 0.3) is 0 Å². The number of carbonyl (C=O) groups excluding carboxylic acids is 2. The number of carbonyl (C=O) groups is 3. The first-order valence-corrected chi connectivity index (χ1v) is 7.06. The number of esters is 2. The van der Waals surface area contributed by atoms with Crippen molar-refractivity contribution in [3.05, 3.63) is 0 Å². The third-order valence-corrected chi connectivity index (χ3v) is 2.78. The maximum Gasteiger partial charge on any atom is 0.307 e. The van der Waals surface area contributed by atoms with Gasteiger partial charge in [0.15, 0.2) is 0 Å². The van der Waals surface area contributed by atoms with Gasteiger partial charge in [-0.2, -0.15) is 0 Å². The van der Waals surface area contributed by atoms with Crippen LogP contribution in [0.15, 0.2) is 0 Å². The number of carboxylic acids is 1. The zero-order chi connectivity index (χ0) is 17.1. The molecule has 0 aromatic carbocycles. The summed E-state index contributed by atoms with van der Waals surface area (Å²) in [6, 6.07) is 0. The Morgan fingerprint density at radius 3 is 1.50 bits per heavy atom. The van der Waals surface area contributed by atoms with Crippen molar-refractivity contribution in [2.24, 2.45) is 5.92 Å². The fourth-order valence-corrected chi connectivity index (χ4v) is 1.45. The SMILES string of the molecule is CN(C)CCOC(=O)CC(CC(=O)OCCN(C)C)C(=O)O. The van der Waals surface area contributed by atoms with Crippen LogP contribution in [0.25, 0.3) is 0 Å². The first kappa shape index (κ1) is 20.3. The molecule has 0 spiro atoms. The van der Waals surface area contributed by atoms with Gasteiger partial charge in [-0.05, 0) is 28.2 Å². The minimum atomic E-state index is -1.21. The molecule has 8 heteroatoms. The van der Waals surface area contributed by atoms with E-state index in [2.05, 4.69) is 0 Å². The van der Waals surface area contributed by atoms with Crippen molar-refractivity contribution < 1.29 is 29.0 Å². The van der Waals surface area contributed by atoms with Gasteiger partial charge in [0, 0.05) is 13.1 Å². The van der Waals surface area contributed by atoms with Crippen molar-refractivity contribution in [2.45, 2.75) is 12.8 Å². The minimum absolute atomic E-state index is 0.186. The van der Waals surface area contributed by atoms with Crippen molar-refractivity contribution in [1.29, 1.82) is 0 Å². The Morgan fingerprint density at radius 1 is 0.864 bits per heavy atom.